The highest BCUT2D eigenvalue weighted by molar-refractivity contribution is 5.77. The zero-order valence-corrected chi connectivity index (χ0v) is 10.7. The summed E-state index contributed by atoms with van der Waals surface area (Å²) in [6, 6.07) is 12.6. The first kappa shape index (κ1) is 14.0. The van der Waals surface area contributed by atoms with E-state index in [1.807, 2.05) is 12.1 Å². The van der Waals surface area contributed by atoms with Crippen LogP contribution in [-0.2, 0) is 0 Å². The quantitative estimate of drug-likeness (QED) is 0.801. The van der Waals surface area contributed by atoms with E-state index in [0.717, 1.165) is 0 Å². The van der Waals surface area contributed by atoms with E-state index in [4.69, 9.17) is 15.3 Å². The Kier molecular flexibility index (Phi) is 4.09. The molecular formula is C16H8N2O3. The highest BCUT2D eigenvalue weighted by atomic mass is 16.5. The van der Waals surface area contributed by atoms with Gasteiger partial charge in [-0.2, -0.15) is 10.5 Å². The monoisotopic (exact) mass is 276 g/mol. The largest absolute Gasteiger partial charge is 0.455 e. The third-order valence-corrected chi connectivity index (χ3v) is 2.74. The van der Waals surface area contributed by atoms with Gasteiger partial charge in [-0.1, -0.05) is 0 Å². The third kappa shape index (κ3) is 2.94. The van der Waals surface area contributed by atoms with Gasteiger partial charge in [0, 0.05) is 11.1 Å². The van der Waals surface area contributed by atoms with Crippen molar-refractivity contribution < 1.29 is 14.3 Å². The van der Waals surface area contributed by atoms with E-state index in [2.05, 4.69) is 0 Å². The highest BCUT2D eigenvalue weighted by Gasteiger charge is 2.10. The molecule has 0 atom stereocenters. The number of benzene rings is 2. The van der Waals surface area contributed by atoms with Crippen LogP contribution in [0.25, 0.3) is 0 Å². The molecule has 0 saturated heterocycles. The van der Waals surface area contributed by atoms with Crippen LogP contribution >= 0.6 is 0 Å². The first-order valence-electron chi connectivity index (χ1n) is 5.88. The van der Waals surface area contributed by atoms with Gasteiger partial charge in [0.1, 0.15) is 36.2 Å². The van der Waals surface area contributed by atoms with Gasteiger partial charge < -0.3 is 4.74 Å². The number of nitrogens with zero attached hydrogens (tertiary/aromatic N) is 2. The van der Waals surface area contributed by atoms with Crippen molar-refractivity contribution in [3.63, 3.8) is 0 Å². The van der Waals surface area contributed by atoms with Gasteiger partial charge in [-0.3, -0.25) is 9.59 Å². The second-order valence-electron chi connectivity index (χ2n) is 4.07. The molecule has 0 aliphatic heterocycles. The number of ether oxygens (including phenoxy) is 1. The Balaban J connectivity index is 2.43. The van der Waals surface area contributed by atoms with E-state index >= 15 is 0 Å². The third-order valence-electron chi connectivity index (χ3n) is 2.74. The van der Waals surface area contributed by atoms with E-state index in [1.165, 1.54) is 36.4 Å². The van der Waals surface area contributed by atoms with Crippen LogP contribution in [0.15, 0.2) is 36.4 Å². The zero-order chi connectivity index (χ0) is 15.2. The molecule has 5 heteroatoms. The smallest absolute Gasteiger partial charge is 0.150 e. The zero-order valence-electron chi connectivity index (χ0n) is 10.7. The topological polar surface area (TPSA) is 90.9 Å². The molecule has 2 aromatic carbocycles. The Labute approximate surface area is 120 Å². The summed E-state index contributed by atoms with van der Waals surface area (Å²) in [6.45, 7) is 0. The van der Waals surface area contributed by atoms with Crippen molar-refractivity contribution in [1.29, 1.82) is 10.5 Å². The van der Waals surface area contributed by atoms with Crippen LogP contribution in [-0.4, -0.2) is 12.6 Å². The van der Waals surface area contributed by atoms with E-state index in [-0.39, 0.29) is 22.6 Å². The number of aldehydes is 2. The van der Waals surface area contributed by atoms with Crippen molar-refractivity contribution in [2.24, 2.45) is 0 Å². The fraction of sp³-hybridized carbons (Fsp3) is 0. The minimum absolute atomic E-state index is 0.183. The Hall–Kier alpha value is -3.44. The molecule has 0 heterocycles. The number of rotatable bonds is 4. The van der Waals surface area contributed by atoms with Gasteiger partial charge >= 0.3 is 0 Å². The number of carbonyl (C=O) groups excluding carboxylic acids is 2. The van der Waals surface area contributed by atoms with Gasteiger partial charge in [0.05, 0.1) is 11.1 Å². The molecule has 2 aromatic rings. The molecule has 0 spiro atoms. The van der Waals surface area contributed by atoms with Crippen molar-refractivity contribution in [3.05, 3.63) is 58.7 Å². The molecule has 0 bridgehead atoms. The molecule has 0 unspecified atom stereocenters. The maximum atomic E-state index is 10.7. The van der Waals surface area contributed by atoms with Gasteiger partial charge in [-0.05, 0) is 36.4 Å². The Morgan fingerprint density at radius 1 is 0.810 bits per heavy atom. The fourth-order valence-corrected chi connectivity index (χ4v) is 1.71. The minimum Gasteiger partial charge on any atom is -0.455 e. The summed E-state index contributed by atoms with van der Waals surface area (Å²) in [5.41, 5.74) is 1.08. The fourth-order valence-electron chi connectivity index (χ4n) is 1.71. The van der Waals surface area contributed by atoms with E-state index < -0.39 is 0 Å². The van der Waals surface area contributed by atoms with Gasteiger partial charge in [0.25, 0.3) is 0 Å². The van der Waals surface area contributed by atoms with Gasteiger partial charge in [0.15, 0.2) is 0 Å². The number of hydrogen-bond acceptors (Lipinski definition) is 5. The van der Waals surface area contributed by atoms with Crippen LogP contribution in [0.2, 0.25) is 0 Å². The molecule has 2 rings (SSSR count). The molecule has 5 nitrogen and oxygen atoms in total. The SMILES string of the molecule is N#Cc1cc(C=O)ccc1Oc1ccc(C=O)cc1C#N. The standard InChI is InChI=1S/C16H8N2O3/c17-7-13-5-11(9-19)1-3-15(13)21-16-4-2-12(10-20)6-14(16)8-18/h1-6,9-10H. The minimum atomic E-state index is 0.183. The molecular weight excluding hydrogens is 268 g/mol. The molecule has 0 saturated carbocycles. The predicted octanol–water partition coefficient (Wildman–Crippen LogP) is 2.85. The Morgan fingerprint density at radius 3 is 1.57 bits per heavy atom. The summed E-state index contributed by atoms with van der Waals surface area (Å²) < 4.78 is 5.54. The molecule has 100 valence electrons. The van der Waals surface area contributed by atoms with Crippen LogP contribution in [0.4, 0.5) is 0 Å². The Morgan fingerprint density at radius 2 is 1.24 bits per heavy atom. The summed E-state index contributed by atoms with van der Waals surface area (Å²) in [7, 11) is 0. The van der Waals surface area contributed by atoms with Crippen molar-refractivity contribution in [2.45, 2.75) is 0 Å². The Bertz CT molecular complexity index is 731. The lowest BCUT2D eigenvalue weighted by atomic mass is 10.1. The summed E-state index contributed by atoms with van der Waals surface area (Å²) in [4.78, 5) is 21.4. The van der Waals surface area contributed by atoms with Gasteiger partial charge in [0.2, 0.25) is 0 Å². The normalized spacial score (nSPS) is 9.24. The molecule has 0 aromatic heterocycles. The maximum Gasteiger partial charge on any atom is 0.150 e. The van der Waals surface area contributed by atoms with Crippen LogP contribution in [0, 0.1) is 22.7 Å². The van der Waals surface area contributed by atoms with E-state index in [0.29, 0.717) is 23.7 Å². The molecule has 0 radical (unpaired) electrons. The highest BCUT2D eigenvalue weighted by Crippen LogP contribution is 2.28. The summed E-state index contributed by atoms with van der Waals surface area (Å²) in [5.74, 6) is 0.469. The summed E-state index contributed by atoms with van der Waals surface area (Å²) in [6.07, 6.45) is 1.26. The average Bonchev–Trinajstić information content (AvgIpc) is 2.55. The lowest BCUT2D eigenvalue weighted by Crippen LogP contribution is -1.94. The second kappa shape index (κ2) is 6.14. The number of hydrogen-bond donors (Lipinski definition) is 0. The average molecular weight is 276 g/mol. The predicted molar refractivity (Wildman–Crippen MR) is 73.2 cm³/mol. The van der Waals surface area contributed by atoms with E-state index in [9.17, 15) is 9.59 Å². The molecule has 0 aliphatic carbocycles. The van der Waals surface area contributed by atoms with Crippen molar-refractivity contribution in [2.75, 3.05) is 0 Å². The van der Waals surface area contributed by atoms with Crippen molar-refractivity contribution in [3.8, 4) is 23.6 Å². The first-order valence-corrected chi connectivity index (χ1v) is 5.88. The molecule has 21 heavy (non-hydrogen) atoms. The van der Waals surface area contributed by atoms with Crippen molar-refractivity contribution in [1.82, 2.24) is 0 Å². The lowest BCUT2D eigenvalue weighted by Gasteiger charge is -2.09. The second-order valence-corrected chi connectivity index (χ2v) is 4.07. The van der Waals surface area contributed by atoms with Crippen LogP contribution in [0.1, 0.15) is 31.8 Å². The summed E-state index contributed by atoms with van der Waals surface area (Å²) in [5, 5.41) is 18.1. The number of carbonyl (C=O) groups is 2. The van der Waals surface area contributed by atoms with Crippen LogP contribution in [0.5, 0.6) is 11.5 Å². The molecule has 0 amide bonds. The van der Waals surface area contributed by atoms with Crippen molar-refractivity contribution >= 4 is 12.6 Å². The van der Waals surface area contributed by atoms with Crippen LogP contribution in [0.3, 0.4) is 0 Å². The molecule has 0 aliphatic rings. The lowest BCUT2D eigenvalue weighted by molar-refractivity contribution is 0.111. The number of nitriles is 2. The van der Waals surface area contributed by atoms with Gasteiger partial charge in [-0.25, -0.2) is 0 Å². The molecule has 0 fully saturated rings. The first-order chi connectivity index (χ1) is 10.2. The maximum absolute atomic E-state index is 10.7. The summed E-state index contributed by atoms with van der Waals surface area (Å²) >= 11 is 0. The van der Waals surface area contributed by atoms with Gasteiger partial charge in [-0.15, -0.1) is 0 Å². The van der Waals surface area contributed by atoms with Crippen LogP contribution < -0.4 is 4.74 Å². The molecule has 0 N–H and O–H groups in total. The van der Waals surface area contributed by atoms with E-state index in [1.54, 1.807) is 0 Å².